The Morgan fingerprint density at radius 3 is 2.88 bits per heavy atom. The Labute approximate surface area is 110 Å². The molecule has 17 heavy (non-hydrogen) atoms. The third-order valence-electron chi connectivity index (χ3n) is 3.30. The zero-order valence-corrected chi connectivity index (χ0v) is 11.9. The summed E-state index contributed by atoms with van der Waals surface area (Å²) in [5, 5.41) is 7.60. The molecule has 5 heteroatoms. The smallest absolute Gasteiger partial charge is 0.155 e. The van der Waals surface area contributed by atoms with Crippen molar-refractivity contribution < 1.29 is 4.79 Å². The lowest BCUT2D eigenvalue weighted by molar-refractivity contribution is -0.121. The number of piperidine rings is 1. The highest BCUT2D eigenvalue weighted by molar-refractivity contribution is 9.10. The molecule has 94 valence electrons. The van der Waals surface area contributed by atoms with Crippen LogP contribution in [0, 0.1) is 6.92 Å². The van der Waals surface area contributed by atoms with Gasteiger partial charge in [-0.3, -0.25) is 9.48 Å². The molecule has 0 amide bonds. The van der Waals surface area contributed by atoms with Crippen LogP contribution in [0.4, 0.5) is 0 Å². The number of nitrogens with zero attached hydrogens (tertiary/aromatic N) is 2. The monoisotopic (exact) mass is 299 g/mol. The number of carbonyl (C=O) groups is 1. The van der Waals surface area contributed by atoms with Crippen LogP contribution >= 0.6 is 15.9 Å². The Kier molecular flexibility index (Phi) is 3.99. The van der Waals surface area contributed by atoms with E-state index in [1.165, 1.54) is 6.42 Å². The largest absolute Gasteiger partial charge is 0.307 e. The minimum Gasteiger partial charge on any atom is -0.307 e. The molecule has 1 atom stereocenters. The third-order valence-corrected chi connectivity index (χ3v) is 4.33. The molecule has 1 N–H and O–H groups in total. The standard InChI is InChI=1S/C12H18BrN3O/c1-8-12(13)10(16(2)15-8)7-11(17)9-5-3-4-6-14-9/h9,14H,3-7H2,1-2H3. The van der Waals surface area contributed by atoms with Crippen molar-refractivity contribution in [3.63, 3.8) is 0 Å². The molecule has 4 nitrogen and oxygen atoms in total. The SMILES string of the molecule is Cc1nn(C)c(CC(=O)C2CCCCN2)c1Br. The average Bonchev–Trinajstić information content (AvgIpc) is 2.57. The fourth-order valence-corrected chi connectivity index (χ4v) is 2.76. The lowest BCUT2D eigenvalue weighted by Crippen LogP contribution is -2.41. The molecule has 0 bridgehead atoms. The van der Waals surface area contributed by atoms with Gasteiger partial charge in [-0.2, -0.15) is 5.10 Å². The summed E-state index contributed by atoms with van der Waals surface area (Å²) in [4.78, 5) is 12.2. The molecule has 0 aromatic carbocycles. The number of ketones is 1. The van der Waals surface area contributed by atoms with E-state index >= 15 is 0 Å². The van der Waals surface area contributed by atoms with Crippen LogP contribution in [0.1, 0.15) is 30.7 Å². The molecule has 1 aliphatic heterocycles. The van der Waals surface area contributed by atoms with Crippen molar-refractivity contribution in [3.8, 4) is 0 Å². The fraction of sp³-hybridized carbons (Fsp3) is 0.667. The molecule has 1 unspecified atom stereocenters. The summed E-state index contributed by atoms with van der Waals surface area (Å²) < 4.78 is 2.75. The van der Waals surface area contributed by atoms with Gasteiger partial charge in [0.2, 0.25) is 0 Å². The molecular formula is C12H18BrN3O. The van der Waals surface area contributed by atoms with Crippen LogP contribution in [-0.2, 0) is 18.3 Å². The lowest BCUT2D eigenvalue weighted by Gasteiger charge is -2.22. The molecule has 0 aliphatic carbocycles. The van der Waals surface area contributed by atoms with Gasteiger partial charge in [0, 0.05) is 7.05 Å². The maximum absolute atomic E-state index is 12.2. The molecule has 1 fully saturated rings. The number of halogens is 1. The Balaban J connectivity index is 2.07. The normalized spacial score (nSPS) is 20.5. The molecule has 0 saturated carbocycles. The van der Waals surface area contributed by atoms with Crippen molar-refractivity contribution >= 4 is 21.7 Å². The summed E-state index contributed by atoms with van der Waals surface area (Å²) in [5.41, 5.74) is 1.91. The second-order valence-electron chi connectivity index (χ2n) is 4.62. The van der Waals surface area contributed by atoms with Crippen molar-refractivity contribution in [2.45, 2.75) is 38.6 Å². The van der Waals surface area contributed by atoms with Gasteiger partial charge in [-0.25, -0.2) is 0 Å². The van der Waals surface area contributed by atoms with E-state index < -0.39 is 0 Å². The van der Waals surface area contributed by atoms with Gasteiger partial charge in [0.05, 0.1) is 28.3 Å². The first-order valence-electron chi connectivity index (χ1n) is 6.03. The highest BCUT2D eigenvalue weighted by Crippen LogP contribution is 2.21. The third kappa shape index (κ3) is 2.77. The number of Topliss-reactive ketones (excluding diaryl/α,β-unsaturated/α-hetero) is 1. The molecule has 0 spiro atoms. The van der Waals surface area contributed by atoms with E-state index in [-0.39, 0.29) is 11.8 Å². The van der Waals surface area contributed by atoms with Crippen LogP contribution in [0.5, 0.6) is 0 Å². The van der Waals surface area contributed by atoms with Gasteiger partial charge in [-0.15, -0.1) is 0 Å². The van der Waals surface area contributed by atoms with Crippen molar-refractivity contribution in [2.75, 3.05) is 6.54 Å². The van der Waals surface area contributed by atoms with E-state index in [9.17, 15) is 4.79 Å². The maximum atomic E-state index is 12.2. The first kappa shape index (κ1) is 12.8. The minimum absolute atomic E-state index is 0.0332. The number of nitrogens with one attached hydrogen (secondary N) is 1. The molecule has 2 heterocycles. The van der Waals surface area contributed by atoms with Crippen molar-refractivity contribution in [2.24, 2.45) is 7.05 Å². The van der Waals surface area contributed by atoms with E-state index in [1.807, 2.05) is 14.0 Å². The van der Waals surface area contributed by atoms with Crippen molar-refractivity contribution in [1.82, 2.24) is 15.1 Å². The lowest BCUT2D eigenvalue weighted by atomic mass is 9.98. The van der Waals surface area contributed by atoms with Crippen LogP contribution in [0.25, 0.3) is 0 Å². The van der Waals surface area contributed by atoms with Gasteiger partial charge in [0.15, 0.2) is 5.78 Å². The molecule has 2 rings (SSSR count). The Bertz CT molecular complexity index is 422. The maximum Gasteiger partial charge on any atom is 0.155 e. The van der Waals surface area contributed by atoms with E-state index in [2.05, 4.69) is 26.3 Å². The van der Waals surface area contributed by atoms with Crippen LogP contribution in [0.2, 0.25) is 0 Å². The first-order valence-corrected chi connectivity index (χ1v) is 6.83. The second-order valence-corrected chi connectivity index (χ2v) is 5.41. The Hall–Kier alpha value is -0.680. The molecule has 1 aliphatic rings. The number of aryl methyl sites for hydroxylation is 2. The van der Waals surface area contributed by atoms with Crippen LogP contribution < -0.4 is 5.32 Å². The molecular weight excluding hydrogens is 282 g/mol. The molecule has 1 aromatic rings. The van der Waals surface area contributed by atoms with E-state index in [1.54, 1.807) is 4.68 Å². The number of rotatable bonds is 3. The summed E-state index contributed by atoms with van der Waals surface area (Å²) in [6.45, 7) is 2.90. The van der Waals surface area contributed by atoms with Crippen molar-refractivity contribution in [1.29, 1.82) is 0 Å². The van der Waals surface area contributed by atoms with E-state index in [0.717, 1.165) is 35.2 Å². The highest BCUT2D eigenvalue weighted by Gasteiger charge is 2.23. The number of hydrogen-bond acceptors (Lipinski definition) is 3. The minimum atomic E-state index is 0.0332. The van der Waals surface area contributed by atoms with Crippen LogP contribution in [0.15, 0.2) is 4.47 Å². The van der Waals surface area contributed by atoms with Gasteiger partial charge in [0.25, 0.3) is 0 Å². The van der Waals surface area contributed by atoms with Gasteiger partial charge >= 0.3 is 0 Å². The first-order chi connectivity index (χ1) is 8.09. The van der Waals surface area contributed by atoms with E-state index in [0.29, 0.717) is 6.42 Å². The van der Waals surface area contributed by atoms with Crippen molar-refractivity contribution in [3.05, 3.63) is 15.9 Å². The summed E-state index contributed by atoms with van der Waals surface area (Å²) in [6.07, 6.45) is 3.75. The zero-order chi connectivity index (χ0) is 12.4. The summed E-state index contributed by atoms with van der Waals surface area (Å²) in [5.74, 6) is 0.272. The second kappa shape index (κ2) is 5.31. The number of carbonyl (C=O) groups excluding carboxylic acids is 1. The van der Waals surface area contributed by atoms with E-state index in [4.69, 9.17) is 0 Å². The quantitative estimate of drug-likeness (QED) is 0.925. The van der Waals surface area contributed by atoms with Gasteiger partial charge in [-0.05, 0) is 42.2 Å². The number of aromatic nitrogens is 2. The summed E-state index contributed by atoms with van der Waals surface area (Å²) >= 11 is 3.50. The van der Waals surface area contributed by atoms with Gasteiger partial charge in [0.1, 0.15) is 0 Å². The molecule has 1 aromatic heterocycles. The predicted octanol–water partition coefficient (Wildman–Crippen LogP) is 1.74. The fourth-order valence-electron chi connectivity index (χ4n) is 2.29. The molecule has 0 radical (unpaired) electrons. The average molecular weight is 300 g/mol. The van der Waals surface area contributed by atoms with Crippen LogP contribution in [-0.4, -0.2) is 28.2 Å². The number of hydrogen-bond donors (Lipinski definition) is 1. The zero-order valence-electron chi connectivity index (χ0n) is 10.3. The summed E-state index contributed by atoms with van der Waals surface area (Å²) in [6, 6.07) is 0.0332. The predicted molar refractivity (Wildman–Crippen MR) is 70.0 cm³/mol. The summed E-state index contributed by atoms with van der Waals surface area (Å²) in [7, 11) is 1.88. The topological polar surface area (TPSA) is 46.9 Å². The Morgan fingerprint density at radius 1 is 1.59 bits per heavy atom. The van der Waals surface area contributed by atoms with Gasteiger partial charge < -0.3 is 5.32 Å². The van der Waals surface area contributed by atoms with Crippen LogP contribution in [0.3, 0.4) is 0 Å². The highest BCUT2D eigenvalue weighted by atomic mass is 79.9. The Morgan fingerprint density at radius 2 is 2.35 bits per heavy atom. The van der Waals surface area contributed by atoms with Gasteiger partial charge in [-0.1, -0.05) is 6.42 Å². The molecule has 1 saturated heterocycles.